The molecule has 0 saturated heterocycles. The lowest BCUT2D eigenvalue weighted by molar-refractivity contribution is -0.122. The molecule has 4 heteroatoms. The van der Waals surface area contributed by atoms with E-state index < -0.39 is 5.54 Å². The van der Waals surface area contributed by atoms with Gasteiger partial charge in [-0.1, -0.05) is 12.1 Å². The molecule has 0 spiro atoms. The number of phenolic OH excluding ortho intramolecular Hbond substituents is 1. The third-order valence-electron chi connectivity index (χ3n) is 2.15. The summed E-state index contributed by atoms with van der Waals surface area (Å²) < 4.78 is 0. The van der Waals surface area contributed by atoms with Crippen molar-refractivity contribution in [2.45, 2.75) is 25.8 Å². The van der Waals surface area contributed by atoms with Crippen LogP contribution in [0.5, 0.6) is 5.75 Å². The van der Waals surface area contributed by atoms with Gasteiger partial charge in [-0.2, -0.15) is 0 Å². The van der Waals surface area contributed by atoms with Crippen LogP contribution in [-0.2, 0) is 11.2 Å². The molecule has 0 unspecified atom stereocenters. The molecule has 16 heavy (non-hydrogen) atoms. The average Bonchev–Trinajstić information content (AvgIpc) is 2.16. The average molecular weight is 223 g/mol. The summed E-state index contributed by atoms with van der Waals surface area (Å²) in [4.78, 5) is 11.6. The van der Waals surface area contributed by atoms with Gasteiger partial charge in [0.1, 0.15) is 5.75 Å². The molecule has 1 amide bonds. The van der Waals surface area contributed by atoms with E-state index in [0.717, 1.165) is 5.56 Å². The third kappa shape index (κ3) is 3.90. The number of amides is 1. The van der Waals surface area contributed by atoms with Crippen LogP contribution in [0.15, 0.2) is 24.3 Å². The van der Waals surface area contributed by atoms with Gasteiger partial charge in [-0.15, -0.1) is 0 Å². The predicted octanol–water partition coefficient (Wildman–Crippen LogP) is 0.822. The highest BCUT2D eigenvalue weighted by atomic mass is 16.3. The minimum atomic E-state index is -0.617. The first-order valence-electron chi connectivity index (χ1n) is 5.13. The molecule has 3 N–H and O–H groups in total. The molecular formula is C12H17NO3. The van der Waals surface area contributed by atoms with Gasteiger partial charge in [0.2, 0.25) is 5.91 Å². The SMILES string of the molecule is CC(C)(CO)NC(=O)Cc1cccc(O)c1. The second-order valence-electron chi connectivity index (χ2n) is 4.44. The molecule has 1 rings (SSSR count). The molecule has 0 bridgehead atoms. The number of hydrogen-bond donors (Lipinski definition) is 3. The van der Waals surface area contributed by atoms with Gasteiger partial charge >= 0.3 is 0 Å². The molecule has 0 aliphatic heterocycles. The Balaban J connectivity index is 2.59. The Morgan fingerprint density at radius 2 is 2.12 bits per heavy atom. The highest BCUT2D eigenvalue weighted by Gasteiger charge is 2.18. The maximum Gasteiger partial charge on any atom is 0.224 e. The van der Waals surface area contributed by atoms with Crippen LogP contribution < -0.4 is 5.32 Å². The molecule has 0 radical (unpaired) electrons. The first-order chi connectivity index (χ1) is 7.43. The maximum atomic E-state index is 11.6. The summed E-state index contributed by atoms with van der Waals surface area (Å²) in [5.41, 5.74) is 0.125. The fourth-order valence-corrected chi connectivity index (χ4v) is 1.31. The highest BCUT2D eigenvalue weighted by Crippen LogP contribution is 2.11. The zero-order valence-corrected chi connectivity index (χ0v) is 9.53. The lowest BCUT2D eigenvalue weighted by Gasteiger charge is -2.23. The van der Waals surface area contributed by atoms with E-state index in [1.54, 1.807) is 38.1 Å². The topological polar surface area (TPSA) is 69.6 Å². The van der Waals surface area contributed by atoms with Crippen molar-refractivity contribution in [3.63, 3.8) is 0 Å². The molecule has 88 valence electrons. The molecule has 0 saturated carbocycles. The van der Waals surface area contributed by atoms with Crippen molar-refractivity contribution in [3.8, 4) is 5.75 Å². The third-order valence-corrected chi connectivity index (χ3v) is 2.15. The molecule has 1 aromatic carbocycles. The van der Waals surface area contributed by atoms with Crippen molar-refractivity contribution in [2.24, 2.45) is 0 Å². The fourth-order valence-electron chi connectivity index (χ4n) is 1.31. The molecule has 0 aromatic heterocycles. The van der Waals surface area contributed by atoms with E-state index in [2.05, 4.69) is 5.32 Å². The van der Waals surface area contributed by atoms with Crippen LogP contribution in [0.3, 0.4) is 0 Å². The molecule has 4 nitrogen and oxygen atoms in total. The van der Waals surface area contributed by atoms with Gasteiger partial charge < -0.3 is 15.5 Å². The number of aliphatic hydroxyl groups is 1. The number of hydrogen-bond acceptors (Lipinski definition) is 3. The second kappa shape index (κ2) is 4.99. The summed E-state index contributed by atoms with van der Waals surface area (Å²) in [5, 5.41) is 20.9. The number of aliphatic hydroxyl groups excluding tert-OH is 1. The van der Waals surface area contributed by atoms with Gasteiger partial charge in [0.05, 0.1) is 18.6 Å². The van der Waals surface area contributed by atoms with Crippen LogP contribution in [0.25, 0.3) is 0 Å². The number of phenols is 1. The first kappa shape index (κ1) is 12.5. The van der Waals surface area contributed by atoms with Crippen LogP contribution in [0.2, 0.25) is 0 Å². The maximum absolute atomic E-state index is 11.6. The fraction of sp³-hybridized carbons (Fsp3) is 0.417. The summed E-state index contributed by atoms with van der Waals surface area (Å²) >= 11 is 0. The van der Waals surface area contributed by atoms with Gasteiger partial charge in [-0.25, -0.2) is 0 Å². The standard InChI is InChI=1S/C12H17NO3/c1-12(2,8-14)13-11(16)7-9-4-3-5-10(15)6-9/h3-6,14-15H,7-8H2,1-2H3,(H,13,16). The minimum Gasteiger partial charge on any atom is -0.508 e. The summed E-state index contributed by atoms with van der Waals surface area (Å²) in [6.45, 7) is 3.37. The number of rotatable bonds is 4. The Labute approximate surface area is 94.9 Å². The summed E-state index contributed by atoms with van der Waals surface area (Å²) in [7, 11) is 0. The van der Waals surface area contributed by atoms with Gasteiger partial charge in [-0.05, 0) is 31.5 Å². The molecular weight excluding hydrogens is 206 g/mol. The first-order valence-corrected chi connectivity index (χ1v) is 5.13. The summed E-state index contributed by atoms with van der Waals surface area (Å²) in [6.07, 6.45) is 0.192. The normalized spacial score (nSPS) is 11.2. The molecule has 0 fully saturated rings. The van der Waals surface area contributed by atoms with Crippen molar-refractivity contribution < 1.29 is 15.0 Å². The van der Waals surface area contributed by atoms with Crippen molar-refractivity contribution >= 4 is 5.91 Å². The van der Waals surface area contributed by atoms with E-state index in [4.69, 9.17) is 5.11 Å². The number of benzene rings is 1. The van der Waals surface area contributed by atoms with Crippen molar-refractivity contribution in [3.05, 3.63) is 29.8 Å². The minimum absolute atomic E-state index is 0.112. The van der Waals surface area contributed by atoms with Crippen molar-refractivity contribution in [1.82, 2.24) is 5.32 Å². The Bertz CT molecular complexity index is 374. The van der Waals surface area contributed by atoms with E-state index in [1.165, 1.54) is 0 Å². The smallest absolute Gasteiger partial charge is 0.224 e. The van der Waals surface area contributed by atoms with E-state index in [0.29, 0.717) is 0 Å². The second-order valence-corrected chi connectivity index (χ2v) is 4.44. The van der Waals surface area contributed by atoms with Crippen LogP contribution in [-0.4, -0.2) is 28.3 Å². The van der Waals surface area contributed by atoms with E-state index in [-0.39, 0.29) is 24.7 Å². The monoisotopic (exact) mass is 223 g/mol. The largest absolute Gasteiger partial charge is 0.508 e. The highest BCUT2D eigenvalue weighted by molar-refractivity contribution is 5.79. The number of carbonyl (C=O) groups is 1. The Kier molecular flexibility index (Phi) is 3.90. The number of nitrogens with one attached hydrogen (secondary N) is 1. The zero-order chi connectivity index (χ0) is 12.2. The van der Waals surface area contributed by atoms with Crippen LogP contribution >= 0.6 is 0 Å². The summed E-state index contributed by atoms with van der Waals surface area (Å²) in [6, 6.07) is 6.56. The number of carbonyl (C=O) groups excluding carboxylic acids is 1. The van der Waals surface area contributed by atoms with Crippen molar-refractivity contribution in [1.29, 1.82) is 0 Å². The molecule has 0 atom stereocenters. The van der Waals surface area contributed by atoms with Crippen LogP contribution in [0.1, 0.15) is 19.4 Å². The van der Waals surface area contributed by atoms with Gasteiger partial charge in [0, 0.05) is 0 Å². The molecule has 1 aromatic rings. The van der Waals surface area contributed by atoms with Gasteiger partial charge in [0.15, 0.2) is 0 Å². The van der Waals surface area contributed by atoms with Gasteiger partial charge in [0.25, 0.3) is 0 Å². The zero-order valence-electron chi connectivity index (χ0n) is 9.53. The van der Waals surface area contributed by atoms with Crippen molar-refractivity contribution in [2.75, 3.05) is 6.61 Å². The molecule has 0 heterocycles. The Hall–Kier alpha value is -1.55. The van der Waals surface area contributed by atoms with E-state index in [1.807, 2.05) is 0 Å². The van der Waals surface area contributed by atoms with Gasteiger partial charge in [-0.3, -0.25) is 4.79 Å². The predicted molar refractivity (Wildman–Crippen MR) is 61.1 cm³/mol. The number of aromatic hydroxyl groups is 1. The van der Waals surface area contributed by atoms with Crippen LogP contribution in [0.4, 0.5) is 0 Å². The summed E-state index contributed by atoms with van der Waals surface area (Å²) in [5.74, 6) is -0.0311. The molecule has 0 aliphatic rings. The Morgan fingerprint density at radius 3 is 2.69 bits per heavy atom. The lowest BCUT2D eigenvalue weighted by atomic mass is 10.1. The van der Waals surface area contributed by atoms with Crippen LogP contribution in [0, 0.1) is 0 Å². The molecule has 0 aliphatic carbocycles. The van der Waals surface area contributed by atoms with E-state index >= 15 is 0 Å². The van der Waals surface area contributed by atoms with E-state index in [9.17, 15) is 9.90 Å². The Morgan fingerprint density at radius 1 is 1.44 bits per heavy atom. The quantitative estimate of drug-likeness (QED) is 0.708. The lowest BCUT2D eigenvalue weighted by Crippen LogP contribution is -2.46.